The third-order valence-electron chi connectivity index (χ3n) is 11.9. The van der Waals surface area contributed by atoms with E-state index in [0.29, 0.717) is 17.5 Å². The average Bonchev–Trinajstić information content (AvgIpc) is 3.53. The molecular formula is C55H38N4. The second-order valence-corrected chi connectivity index (χ2v) is 15.9. The van der Waals surface area contributed by atoms with E-state index in [1.54, 1.807) is 0 Å². The van der Waals surface area contributed by atoms with Gasteiger partial charge in [-0.15, -0.1) is 0 Å². The predicted octanol–water partition coefficient (Wildman–Crippen LogP) is 13.9. The summed E-state index contributed by atoms with van der Waals surface area (Å²) in [6.07, 6.45) is 0. The Balaban J connectivity index is 1.08. The van der Waals surface area contributed by atoms with Gasteiger partial charge in [0.25, 0.3) is 0 Å². The SMILES string of the molecule is CC1(C)c2ccccc2-c2cc3c(-c4ccc5ccccc5c4)cc(-c4cccc(-c5nc(-c6ccccc6)nc(-c6cccc(-c7ccccc7)c6)n5)c4)nc3cc21. The van der Waals surface area contributed by atoms with Crippen LogP contribution < -0.4 is 0 Å². The highest BCUT2D eigenvalue weighted by molar-refractivity contribution is 6.03. The van der Waals surface area contributed by atoms with Crippen molar-refractivity contribution in [1.29, 1.82) is 0 Å². The topological polar surface area (TPSA) is 51.6 Å². The summed E-state index contributed by atoms with van der Waals surface area (Å²) in [7, 11) is 0. The molecule has 1 aliphatic rings. The smallest absolute Gasteiger partial charge is 0.164 e. The van der Waals surface area contributed by atoms with E-state index in [1.165, 1.54) is 33.0 Å². The van der Waals surface area contributed by atoms with Gasteiger partial charge < -0.3 is 0 Å². The Labute approximate surface area is 343 Å². The van der Waals surface area contributed by atoms with Gasteiger partial charge in [0.15, 0.2) is 17.5 Å². The number of fused-ring (bicyclic) bond motifs is 5. The second-order valence-electron chi connectivity index (χ2n) is 15.9. The summed E-state index contributed by atoms with van der Waals surface area (Å²) in [6.45, 7) is 4.65. The highest BCUT2D eigenvalue weighted by atomic mass is 15.0. The molecule has 0 unspecified atom stereocenters. The maximum absolute atomic E-state index is 5.45. The normalized spacial score (nSPS) is 12.7. The van der Waals surface area contributed by atoms with Crippen LogP contribution in [-0.2, 0) is 5.41 Å². The number of aromatic nitrogens is 4. The van der Waals surface area contributed by atoms with Gasteiger partial charge in [-0.1, -0.05) is 172 Å². The molecule has 0 atom stereocenters. The van der Waals surface area contributed by atoms with E-state index in [2.05, 4.69) is 172 Å². The molecule has 59 heavy (non-hydrogen) atoms. The number of hydrogen-bond acceptors (Lipinski definition) is 4. The summed E-state index contributed by atoms with van der Waals surface area (Å²) >= 11 is 0. The van der Waals surface area contributed by atoms with Crippen molar-refractivity contribution < 1.29 is 0 Å². The van der Waals surface area contributed by atoms with Crippen LogP contribution >= 0.6 is 0 Å². The first-order chi connectivity index (χ1) is 29.0. The van der Waals surface area contributed by atoms with Crippen LogP contribution in [0.2, 0.25) is 0 Å². The van der Waals surface area contributed by atoms with Crippen molar-refractivity contribution in [3.63, 3.8) is 0 Å². The van der Waals surface area contributed by atoms with Crippen LogP contribution in [0.1, 0.15) is 25.0 Å². The van der Waals surface area contributed by atoms with Gasteiger partial charge in [0, 0.05) is 33.1 Å². The molecule has 0 fully saturated rings. The molecule has 4 nitrogen and oxygen atoms in total. The van der Waals surface area contributed by atoms with Gasteiger partial charge in [-0.2, -0.15) is 0 Å². The second kappa shape index (κ2) is 13.8. The summed E-state index contributed by atoms with van der Waals surface area (Å²) in [5, 5.41) is 3.57. The number of benzene rings is 8. The minimum Gasteiger partial charge on any atom is -0.248 e. The van der Waals surface area contributed by atoms with Crippen molar-refractivity contribution in [3.05, 3.63) is 205 Å². The van der Waals surface area contributed by atoms with Crippen LogP contribution in [0, 0.1) is 0 Å². The monoisotopic (exact) mass is 754 g/mol. The Hall–Kier alpha value is -7.56. The van der Waals surface area contributed by atoms with Gasteiger partial charge in [0.05, 0.1) is 11.2 Å². The maximum Gasteiger partial charge on any atom is 0.164 e. The van der Waals surface area contributed by atoms with Crippen LogP contribution in [0.3, 0.4) is 0 Å². The van der Waals surface area contributed by atoms with Crippen molar-refractivity contribution in [2.45, 2.75) is 19.3 Å². The molecule has 11 rings (SSSR count). The van der Waals surface area contributed by atoms with Crippen LogP contribution in [0.5, 0.6) is 0 Å². The summed E-state index contributed by atoms with van der Waals surface area (Å²) < 4.78 is 0. The zero-order chi connectivity index (χ0) is 39.5. The van der Waals surface area contributed by atoms with Crippen molar-refractivity contribution in [3.8, 4) is 78.8 Å². The quantitative estimate of drug-likeness (QED) is 0.170. The van der Waals surface area contributed by atoms with Gasteiger partial charge in [0.2, 0.25) is 0 Å². The molecule has 0 radical (unpaired) electrons. The van der Waals surface area contributed by atoms with Crippen molar-refractivity contribution in [2.24, 2.45) is 0 Å². The lowest BCUT2D eigenvalue weighted by molar-refractivity contribution is 0.661. The number of pyridine rings is 1. The van der Waals surface area contributed by atoms with Crippen LogP contribution in [0.15, 0.2) is 194 Å². The summed E-state index contributed by atoms with van der Waals surface area (Å²) in [5.74, 6) is 1.85. The molecule has 0 aliphatic heterocycles. The first kappa shape index (κ1) is 34.7. The van der Waals surface area contributed by atoms with Crippen molar-refractivity contribution >= 4 is 21.7 Å². The molecule has 278 valence electrons. The Morgan fingerprint density at radius 2 is 0.898 bits per heavy atom. The Kier molecular flexibility index (Phi) is 8.12. The van der Waals surface area contributed by atoms with Gasteiger partial charge in [-0.3, -0.25) is 0 Å². The summed E-state index contributed by atoms with van der Waals surface area (Å²) in [5.41, 5.74) is 15.3. The van der Waals surface area contributed by atoms with E-state index in [9.17, 15) is 0 Å². The number of nitrogens with zero attached hydrogens (tertiary/aromatic N) is 4. The molecule has 2 heterocycles. The Bertz CT molecular complexity index is 3240. The van der Waals surface area contributed by atoms with E-state index in [-0.39, 0.29) is 5.41 Å². The lowest BCUT2D eigenvalue weighted by Gasteiger charge is -2.22. The third kappa shape index (κ3) is 6.09. The minimum atomic E-state index is -0.145. The average molecular weight is 755 g/mol. The van der Waals surface area contributed by atoms with E-state index >= 15 is 0 Å². The lowest BCUT2D eigenvalue weighted by Crippen LogP contribution is -2.14. The highest BCUT2D eigenvalue weighted by Gasteiger charge is 2.36. The van der Waals surface area contributed by atoms with Crippen LogP contribution in [-0.4, -0.2) is 19.9 Å². The molecule has 0 saturated carbocycles. The maximum atomic E-state index is 5.45. The summed E-state index contributed by atoms with van der Waals surface area (Å²) in [4.78, 5) is 20.7. The Morgan fingerprint density at radius 3 is 1.64 bits per heavy atom. The summed E-state index contributed by atoms with van der Waals surface area (Å²) in [6, 6.07) is 68.5. The first-order valence-corrected chi connectivity index (χ1v) is 20.1. The van der Waals surface area contributed by atoms with E-state index in [0.717, 1.165) is 61.1 Å². The van der Waals surface area contributed by atoms with Gasteiger partial charge in [-0.25, -0.2) is 19.9 Å². The lowest BCUT2D eigenvalue weighted by atomic mass is 9.82. The molecule has 2 aromatic heterocycles. The number of hydrogen-bond donors (Lipinski definition) is 0. The molecule has 0 N–H and O–H groups in total. The fraction of sp³-hybridized carbons (Fsp3) is 0.0545. The van der Waals surface area contributed by atoms with E-state index < -0.39 is 0 Å². The number of rotatable bonds is 6. The fourth-order valence-corrected chi connectivity index (χ4v) is 8.80. The predicted molar refractivity (Wildman–Crippen MR) is 243 cm³/mol. The zero-order valence-electron chi connectivity index (χ0n) is 32.8. The van der Waals surface area contributed by atoms with Crippen LogP contribution in [0.4, 0.5) is 0 Å². The first-order valence-electron chi connectivity index (χ1n) is 20.1. The highest BCUT2D eigenvalue weighted by Crippen LogP contribution is 2.50. The van der Waals surface area contributed by atoms with Crippen molar-refractivity contribution in [1.82, 2.24) is 19.9 Å². The molecule has 8 aromatic carbocycles. The Morgan fingerprint density at radius 1 is 0.322 bits per heavy atom. The van der Waals surface area contributed by atoms with Crippen LogP contribution in [0.25, 0.3) is 100 Å². The molecule has 4 heteroatoms. The molecule has 1 aliphatic carbocycles. The molecular weight excluding hydrogens is 717 g/mol. The van der Waals surface area contributed by atoms with Crippen molar-refractivity contribution in [2.75, 3.05) is 0 Å². The largest absolute Gasteiger partial charge is 0.248 e. The zero-order valence-corrected chi connectivity index (χ0v) is 32.8. The van der Waals surface area contributed by atoms with Gasteiger partial charge >= 0.3 is 0 Å². The third-order valence-corrected chi connectivity index (χ3v) is 11.9. The molecule has 0 bridgehead atoms. The standard InChI is InChI=1S/C55H38N4/c1-55(2)48-26-12-11-25-44(48)46-32-47-45(40-28-27-36-17-9-10-20-38(36)29-40)33-50(56-51(47)34-49(46)55)41-22-14-24-43(31-41)54-58-52(37-18-7-4-8-19-37)57-53(59-54)42-23-13-21-39(30-42)35-15-5-3-6-16-35/h3-34H,1-2H3. The molecule has 0 saturated heterocycles. The molecule has 0 amide bonds. The molecule has 0 spiro atoms. The molecule has 10 aromatic rings. The van der Waals surface area contributed by atoms with E-state index in [1.807, 2.05) is 36.4 Å². The van der Waals surface area contributed by atoms with Gasteiger partial charge in [0.1, 0.15) is 0 Å². The van der Waals surface area contributed by atoms with Gasteiger partial charge in [-0.05, 0) is 91.7 Å². The fourth-order valence-electron chi connectivity index (χ4n) is 8.80. The minimum absolute atomic E-state index is 0.145. The van der Waals surface area contributed by atoms with E-state index in [4.69, 9.17) is 19.9 Å².